The van der Waals surface area contributed by atoms with Gasteiger partial charge < -0.3 is 4.98 Å². The normalized spacial score (nSPS) is 15.2. The van der Waals surface area contributed by atoms with Gasteiger partial charge in [-0.05, 0) is 108 Å². The van der Waals surface area contributed by atoms with E-state index in [-0.39, 0.29) is 11.8 Å². The number of hydrogen-bond acceptors (Lipinski definition) is 1. The number of fused-ring (bicyclic) bond motifs is 3. The number of hydrogen-bond donors (Lipinski definition) is 1. The Labute approximate surface area is 308 Å². The van der Waals surface area contributed by atoms with E-state index in [9.17, 15) is 5.26 Å². The van der Waals surface area contributed by atoms with Crippen molar-refractivity contribution in [3.63, 3.8) is 0 Å². The molecule has 0 saturated heterocycles. The SMILES string of the molecule is N#Cc1cc2[nH]c3ccc(-c4c(-c5ccccc5)cc(-c5ccccc5)cc4-c4ccccc4)cc3c2c2c1C1c3ccccc3C2c2ccccc21. The molecule has 2 bridgehead atoms. The van der Waals surface area contributed by atoms with Crippen LogP contribution in [0.3, 0.4) is 0 Å². The van der Waals surface area contributed by atoms with Gasteiger partial charge >= 0.3 is 0 Å². The van der Waals surface area contributed by atoms with E-state index < -0.39 is 0 Å². The minimum Gasteiger partial charge on any atom is -0.354 e. The second kappa shape index (κ2) is 11.5. The molecule has 0 aliphatic heterocycles. The van der Waals surface area contributed by atoms with Crippen molar-refractivity contribution >= 4 is 21.8 Å². The third kappa shape index (κ3) is 4.38. The van der Waals surface area contributed by atoms with Gasteiger partial charge in [0.15, 0.2) is 0 Å². The number of nitrogens with zero attached hydrogens (tertiary/aromatic N) is 1. The van der Waals surface area contributed by atoms with Crippen LogP contribution < -0.4 is 0 Å². The molecule has 53 heavy (non-hydrogen) atoms. The highest BCUT2D eigenvalue weighted by Gasteiger charge is 2.44. The molecule has 0 fully saturated rings. The van der Waals surface area contributed by atoms with Crippen LogP contribution in [-0.2, 0) is 0 Å². The van der Waals surface area contributed by atoms with E-state index in [1.165, 1.54) is 77.5 Å². The number of rotatable bonds is 4. The summed E-state index contributed by atoms with van der Waals surface area (Å²) in [6.07, 6.45) is 0. The third-order valence-corrected chi connectivity index (χ3v) is 11.6. The number of benzene rings is 8. The molecule has 0 unspecified atom stereocenters. The topological polar surface area (TPSA) is 39.6 Å². The maximum atomic E-state index is 10.7. The molecule has 0 atom stereocenters. The van der Waals surface area contributed by atoms with Crippen LogP contribution in [0.1, 0.15) is 50.8 Å². The lowest BCUT2D eigenvalue weighted by molar-refractivity contribution is 0.759. The van der Waals surface area contributed by atoms with Crippen LogP contribution in [0, 0.1) is 11.3 Å². The fourth-order valence-electron chi connectivity index (χ4n) is 9.44. The van der Waals surface area contributed by atoms with Crippen LogP contribution in [0.25, 0.3) is 66.3 Å². The van der Waals surface area contributed by atoms with Gasteiger partial charge in [-0.15, -0.1) is 0 Å². The number of H-pyrrole nitrogens is 1. The molecule has 3 aliphatic rings. The van der Waals surface area contributed by atoms with Crippen LogP contribution in [0.15, 0.2) is 176 Å². The van der Waals surface area contributed by atoms with Crippen molar-refractivity contribution < 1.29 is 0 Å². The van der Waals surface area contributed by atoms with Gasteiger partial charge in [0.05, 0.1) is 11.6 Å². The van der Waals surface area contributed by atoms with E-state index in [1.54, 1.807) is 0 Å². The quantitative estimate of drug-likeness (QED) is 0.199. The van der Waals surface area contributed by atoms with Crippen LogP contribution in [0.4, 0.5) is 0 Å². The van der Waals surface area contributed by atoms with Crippen molar-refractivity contribution in [3.8, 4) is 50.6 Å². The summed E-state index contributed by atoms with van der Waals surface area (Å²) in [7, 11) is 0. The van der Waals surface area contributed by atoms with Crippen LogP contribution in [-0.4, -0.2) is 4.98 Å². The van der Waals surface area contributed by atoms with Crippen LogP contribution in [0.5, 0.6) is 0 Å². The molecule has 2 heteroatoms. The molecule has 1 N–H and O–H groups in total. The summed E-state index contributed by atoms with van der Waals surface area (Å²) in [6.45, 7) is 0. The van der Waals surface area contributed by atoms with Gasteiger partial charge in [-0.25, -0.2) is 0 Å². The summed E-state index contributed by atoms with van der Waals surface area (Å²) in [5.74, 6) is 0.0697. The lowest BCUT2D eigenvalue weighted by Crippen LogP contribution is -2.28. The van der Waals surface area contributed by atoms with E-state index in [4.69, 9.17) is 0 Å². The predicted octanol–water partition coefficient (Wildman–Crippen LogP) is 12.8. The number of nitriles is 1. The summed E-state index contributed by atoms with van der Waals surface area (Å²) in [5.41, 5.74) is 20.1. The third-order valence-electron chi connectivity index (χ3n) is 11.6. The number of aromatic amines is 1. The zero-order chi connectivity index (χ0) is 35.0. The van der Waals surface area contributed by atoms with Gasteiger partial charge in [0, 0.05) is 33.6 Å². The summed E-state index contributed by atoms with van der Waals surface area (Å²) in [4.78, 5) is 3.76. The Morgan fingerprint density at radius 3 is 1.43 bits per heavy atom. The maximum absolute atomic E-state index is 10.7. The monoisotopic (exact) mass is 672 g/mol. The lowest BCUT2D eigenvalue weighted by atomic mass is 9.59. The van der Waals surface area contributed by atoms with E-state index >= 15 is 0 Å². The molecule has 246 valence electrons. The Hall–Kier alpha value is -6.95. The van der Waals surface area contributed by atoms with Crippen molar-refractivity contribution in [2.45, 2.75) is 11.8 Å². The Balaban J connectivity index is 1.23. The lowest BCUT2D eigenvalue weighted by Gasteiger charge is -2.43. The molecule has 0 saturated carbocycles. The highest BCUT2D eigenvalue weighted by molar-refractivity contribution is 6.13. The molecule has 1 aromatic heterocycles. The van der Waals surface area contributed by atoms with Gasteiger partial charge in [0.25, 0.3) is 0 Å². The van der Waals surface area contributed by atoms with Crippen LogP contribution >= 0.6 is 0 Å². The molecule has 1 heterocycles. The van der Waals surface area contributed by atoms with E-state index in [1.807, 2.05) is 0 Å². The Morgan fingerprint density at radius 1 is 0.415 bits per heavy atom. The van der Waals surface area contributed by atoms with Gasteiger partial charge in [0.1, 0.15) is 0 Å². The molecule has 12 rings (SSSR count). The molecular weight excluding hydrogens is 641 g/mol. The average molecular weight is 673 g/mol. The molecular formula is C51H32N2. The molecule has 9 aromatic rings. The highest BCUT2D eigenvalue weighted by atomic mass is 14.7. The standard InChI is InChI=1S/C51H32N2/c52-30-36-29-45-50(51-47(36)48-37-20-10-12-22-39(37)49(51)40-23-13-11-21-38(40)48)43-26-34(24-25-44(43)53-45)46-41(32-16-6-2-7-17-32)27-35(31-14-4-1-5-15-31)28-42(46)33-18-8-3-9-19-33/h1-29,48-49,53H. The average Bonchev–Trinajstić information content (AvgIpc) is 3.61. The summed E-state index contributed by atoms with van der Waals surface area (Å²) >= 11 is 0. The van der Waals surface area contributed by atoms with Gasteiger partial charge in [0.2, 0.25) is 0 Å². The number of aromatic nitrogens is 1. The Morgan fingerprint density at radius 2 is 0.906 bits per heavy atom. The Bertz CT molecular complexity index is 2840. The first kappa shape index (κ1) is 29.7. The predicted molar refractivity (Wildman–Crippen MR) is 217 cm³/mol. The van der Waals surface area contributed by atoms with Gasteiger partial charge in [-0.2, -0.15) is 5.26 Å². The maximum Gasteiger partial charge on any atom is 0.0995 e. The highest BCUT2D eigenvalue weighted by Crippen LogP contribution is 2.59. The fraction of sp³-hybridized carbons (Fsp3) is 0.0392. The molecule has 2 nitrogen and oxygen atoms in total. The van der Waals surface area contributed by atoms with Gasteiger partial charge in [-0.3, -0.25) is 0 Å². The van der Waals surface area contributed by atoms with E-state index in [0.717, 1.165) is 27.7 Å². The first-order valence-electron chi connectivity index (χ1n) is 18.3. The van der Waals surface area contributed by atoms with Crippen LogP contribution in [0.2, 0.25) is 0 Å². The van der Waals surface area contributed by atoms with E-state index in [0.29, 0.717) is 0 Å². The minimum atomic E-state index is 0.0227. The second-order valence-corrected chi connectivity index (χ2v) is 14.3. The smallest absolute Gasteiger partial charge is 0.0995 e. The second-order valence-electron chi connectivity index (χ2n) is 14.3. The largest absolute Gasteiger partial charge is 0.354 e. The first-order chi connectivity index (χ1) is 26.3. The minimum absolute atomic E-state index is 0.0227. The molecule has 3 aliphatic carbocycles. The molecule has 8 aromatic carbocycles. The van der Waals surface area contributed by atoms with Crippen molar-refractivity contribution in [2.24, 2.45) is 0 Å². The fourth-order valence-corrected chi connectivity index (χ4v) is 9.44. The van der Waals surface area contributed by atoms with Crippen molar-refractivity contribution in [1.29, 1.82) is 5.26 Å². The molecule has 0 amide bonds. The summed E-state index contributed by atoms with van der Waals surface area (Å²) in [6, 6.07) is 66.3. The first-order valence-corrected chi connectivity index (χ1v) is 18.3. The summed E-state index contributed by atoms with van der Waals surface area (Å²) < 4.78 is 0. The number of nitrogens with one attached hydrogen (secondary N) is 1. The zero-order valence-electron chi connectivity index (χ0n) is 28.8. The molecule has 0 spiro atoms. The van der Waals surface area contributed by atoms with Gasteiger partial charge in [-0.1, -0.05) is 146 Å². The summed E-state index contributed by atoms with van der Waals surface area (Å²) in [5, 5.41) is 13.1. The van der Waals surface area contributed by atoms with Crippen molar-refractivity contribution in [3.05, 3.63) is 215 Å². The van der Waals surface area contributed by atoms with Crippen molar-refractivity contribution in [1.82, 2.24) is 4.98 Å². The van der Waals surface area contributed by atoms with E-state index in [2.05, 4.69) is 187 Å². The molecule has 0 radical (unpaired) electrons. The Kier molecular flexibility index (Phi) is 6.48. The zero-order valence-corrected chi connectivity index (χ0v) is 28.8. The van der Waals surface area contributed by atoms with Crippen molar-refractivity contribution in [2.75, 3.05) is 0 Å².